The van der Waals surface area contributed by atoms with Crippen LogP contribution in [0, 0.1) is 0 Å². The van der Waals surface area contributed by atoms with Gasteiger partial charge in [0.15, 0.2) is 0 Å². The lowest BCUT2D eigenvalue weighted by molar-refractivity contribution is 0.123. The van der Waals surface area contributed by atoms with Gasteiger partial charge >= 0.3 is 8.80 Å². The van der Waals surface area contributed by atoms with Crippen LogP contribution in [0.3, 0.4) is 0 Å². The molecular weight excluding hydrogens is 238 g/mol. The van der Waals surface area contributed by atoms with E-state index in [-0.39, 0.29) is 0 Å². The van der Waals surface area contributed by atoms with Crippen LogP contribution in [0.5, 0.6) is 0 Å². The second-order valence-electron chi connectivity index (χ2n) is 3.70. The summed E-state index contributed by atoms with van der Waals surface area (Å²) in [4.78, 5) is 0. The monoisotopic (exact) mass is 265 g/mol. The summed E-state index contributed by atoms with van der Waals surface area (Å²) in [6.45, 7) is 5.58. The Morgan fingerprint density at radius 3 is 2.06 bits per heavy atom. The summed E-state index contributed by atoms with van der Waals surface area (Å²) in [6.07, 6.45) is 2.05. The molecule has 0 aliphatic rings. The van der Waals surface area contributed by atoms with Gasteiger partial charge in [-0.3, -0.25) is 0 Å². The predicted molar refractivity (Wildman–Crippen MR) is 70.2 cm³/mol. The van der Waals surface area contributed by atoms with E-state index in [4.69, 9.17) is 18.0 Å². The lowest BCUT2D eigenvalue weighted by atomic mass is 10.4. The maximum atomic E-state index is 5.34. The van der Waals surface area contributed by atoms with Gasteiger partial charge in [-0.05, 0) is 32.9 Å². The quantitative estimate of drug-likeness (QED) is 0.425. The van der Waals surface area contributed by atoms with E-state index >= 15 is 0 Å². The number of ether oxygens (including phenoxy) is 1. The Hall–Kier alpha value is 0.0169. The van der Waals surface area contributed by atoms with Crippen LogP contribution in [-0.2, 0) is 18.0 Å². The highest BCUT2D eigenvalue weighted by Crippen LogP contribution is 2.14. The first-order valence-electron chi connectivity index (χ1n) is 6.18. The minimum atomic E-state index is -2.36. The van der Waals surface area contributed by atoms with Gasteiger partial charge in [-0.15, -0.1) is 0 Å². The molecule has 0 unspecified atom stereocenters. The lowest BCUT2D eigenvalue weighted by Gasteiger charge is -2.24. The van der Waals surface area contributed by atoms with E-state index in [1.54, 1.807) is 21.3 Å². The molecule has 0 heterocycles. The van der Waals surface area contributed by atoms with Gasteiger partial charge in [0, 0.05) is 40.6 Å². The Labute approximate surface area is 106 Å². The molecule has 0 radical (unpaired) electrons. The Balaban J connectivity index is 3.43. The van der Waals surface area contributed by atoms with Gasteiger partial charge in [-0.25, -0.2) is 0 Å². The van der Waals surface area contributed by atoms with Crippen molar-refractivity contribution < 1.29 is 18.0 Å². The molecule has 0 fully saturated rings. The van der Waals surface area contributed by atoms with Crippen LogP contribution in [0.15, 0.2) is 0 Å². The van der Waals surface area contributed by atoms with Crippen molar-refractivity contribution in [2.45, 2.75) is 25.8 Å². The second kappa shape index (κ2) is 11.1. The van der Waals surface area contributed by atoms with Crippen LogP contribution in [0.2, 0.25) is 6.04 Å². The molecule has 0 aromatic heterocycles. The molecule has 17 heavy (non-hydrogen) atoms. The topological polar surface area (TPSA) is 49.0 Å². The largest absolute Gasteiger partial charge is 0.500 e. The summed E-state index contributed by atoms with van der Waals surface area (Å²) in [5.41, 5.74) is 0. The molecule has 0 aliphatic heterocycles. The van der Waals surface area contributed by atoms with Crippen LogP contribution >= 0.6 is 0 Å². The summed E-state index contributed by atoms with van der Waals surface area (Å²) >= 11 is 0. The fourth-order valence-corrected chi connectivity index (χ4v) is 3.28. The molecule has 0 aromatic rings. The van der Waals surface area contributed by atoms with Crippen molar-refractivity contribution in [1.29, 1.82) is 0 Å². The van der Waals surface area contributed by atoms with Gasteiger partial charge < -0.3 is 23.3 Å². The van der Waals surface area contributed by atoms with Gasteiger partial charge in [0.25, 0.3) is 0 Å². The molecule has 6 heteroatoms. The van der Waals surface area contributed by atoms with Crippen molar-refractivity contribution in [3.05, 3.63) is 0 Å². The fourth-order valence-electron chi connectivity index (χ4n) is 1.55. The summed E-state index contributed by atoms with van der Waals surface area (Å²) in [6, 6.07) is 0.842. The molecule has 0 spiro atoms. The Morgan fingerprint density at radius 2 is 1.53 bits per heavy atom. The first-order valence-corrected chi connectivity index (χ1v) is 8.11. The van der Waals surface area contributed by atoms with Crippen molar-refractivity contribution in [1.82, 2.24) is 5.32 Å². The number of hydrogen-bond acceptors (Lipinski definition) is 5. The number of nitrogens with one attached hydrogen (secondary N) is 1. The van der Waals surface area contributed by atoms with Crippen molar-refractivity contribution in [2.24, 2.45) is 0 Å². The van der Waals surface area contributed by atoms with Gasteiger partial charge in [-0.2, -0.15) is 0 Å². The molecule has 0 rings (SSSR count). The highest BCUT2D eigenvalue weighted by atomic mass is 28.4. The summed E-state index contributed by atoms with van der Waals surface area (Å²) in [5, 5.41) is 3.36. The molecule has 0 aromatic carbocycles. The predicted octanol–water partition coefficient (Wildman–Crippen LogP) is 1.27. The summed E-state index contributed by atoms with van der Waals surface area (Å²) in [7, 11) is 2.58. The Kier molecular flexibility index (Phi) is 11.1. The van der Waals surface area contributed by atoms with E-state index < -0.39 is 8.80 Å². The minimum absolute atomic E-state index is 0.795. The molecule has 1 N–H and O–H groups in total. The smallest absolute Gasteiger partial charge is 0.382 e. The van der Waals surface area contributed by atoms with E-state index in [0.29, 0.717) is 0 Å². The standard InChI is InChI=1S/C11H27NO4Si/c1-5-16-10-6-8-12-9-7-11-17(13-2,14-3)15-4/h12H,5-11H2,1-4H3. The molecule has 5 nitrogen and oxygen atoms in total. The number of rotatable bonds is 12. The maximum Gasteiger partial charge on any atom is 0.500 e. The molecular formula is C11H27NO4Si. The van der Waals surface area contributed by atoms with E-state index in [1.807, 2.05) is 6.92 Å². The van der Waals surface area contributed by atoms with Gasteiger partial charge in [0.05, 0.1) is 0 Å². The normalized spacial score (nSPS) is 12.0. The zero-order chi connectivity index (χ0) is 13.0. The third-order valence-corrected chi connectivity index (χ3v) is 5.45. The summed E-state index contributed by atoms with van der Waals surface area (Å²) in [5.74, 6) is 0. The fraction of sp³-hybridized carbons (Fsp3) is 1.00. The van der Waals surface area contributed by atoms with Gasteiger partial charge in [0.1, 0.15) is 0 Å². The maximum absolute atomic E-state index is 5.34. The average molecular weight is 265 g/mol. The Bertz CT molecular complexity index is 159. The minimum Gasteiger partial charge on any atom is -0.382 e. The average Bonchev–Trinajstić information content (AvgIpc) is 2.38. The molecule has 0 amide bonds. The van der Waals surface area contributed by atoms with Gasteiger partial charge in [0.2, 0.25) is 0 Å². The zero-order valence-electron chi connectivity index (χ0n) is 11.6. The molecule has 0 saturated heterocycles. The van der Waals surface area contributed by atoms with Crippen LogP contribution in [0.4, 0.5) is 0 Å². The lowest BCUT2D eigenvalue weighted by Crippen LogP contribution is -2.43. The van der Waals surface area contributed by atoms with Crippen LogP contribution in [0.25, 0.3) is 0 Å². The third-order valence-electron chi connectivity index (χ3n) is 2.62. The second-order valence-corrected chi connectivity index (χ2v) is 6.79. The first-order chi connectivity index (χ1) is 8.24. The van der Waals surface area contributed by atoms with E-state index in [2.05, 4.69) is 5.32 Å². The van der Waals surface area contributed by atoms with E-state index in [0.717, 1.165) is 45.2 Å². The highest BCUT2D eigenvalue weighted by Gasteiger charge is 2.36. The summed E-state index contributed by atoms with van der Waals surface area (Å²) < 4.78 is 21.3. The molecule has 0 saturated carbocycles. The van der Waals surface area contributed by atoms with Crippen LogP contribution in [0.1, 0.15) is 19.8 Å². The Morgan fingerprint density at radius 1 is 0.941 bits per heavy atom. The van der Waals surface area contributed by atoms with Crippen LogP contribution < -0.4 is 5.32 Å². The molecule has 0 aliphatic carbocycles. The van der Waals surface area contributed by atoms with Crippen molar-refractivity contribution >= 4 is 8.80 Å². The van der Waals surface area contributed by atoms with Crippen molar-refractivity contribution in [3.63, 3.8) is 0 Å². The van der Waals surface area contributed by atoms with Crippen molar-refractivity contribution in [2.75, 3.05) is 47.6 Å². The van der Waals surface area contributed by atoms with E-state index in [9.17, 15) is 0 Å². The molecule has 0 atom stereocenters. The van der Waals surface area contributed by atoms with Crippen molar-refractivity contribution in [3.8, 4) is 0 Å². The highest BCUT2D eigenvalue weighted by molar-refractivity contribution is 6.60. The number of hydrogen-bond donors (Lipinski definition) is 1. The van der Waals surface area contributed by atoms with E-state index in [1.165, 1.54) is 0 Å². The SMILES string of the molecule is CCOCCCNCCC[Si](OC)(OC)OC. The van der Waals surface area contributed by atoms with Gasteiger partial charge in [-0.1, -0.05) is 0 Å². The van der Waals surface area contributed by atoms with Crippen LogP contribution in [-0.4, -0.2) is 56.4 Å². The molecule has 104 valence electrons. The molecule has 0 bridgehead atoms. The first kappa shape index (κ1) is 17.0. The zero-order valence-corrected chi connectivity index (χ0v) is 12.6. The third kappa shape index (κ3) is 7.85.